The van der Waals surface area contributed by atoms with Gasteiger partial charge in [0.1, 0.15) is 11.9 Å². The highest BCUT2D eigenvalue weighted by Gasteiger charge is 2.35. The van der Waals surface area contributed by atoms with Crippen molar-refractivity contribution in [3.05, 3.63) is 41.7 Å². The maximum Gasteiger partial charge on any atom is 0.246 e. The molecule has 3 aliphatic rings. The first kappa shape index (κ1) is 23.6. The lowest BCUT2D eigenvalue weighted by atomic mass is 9.83. The van der Waals surface area contributed by atoms with Crippen LogP contribution in [0.4, 0.5) is 11.5 Å². The lowest BCUT2D eigenvalue weighted by Crippen LogP contribution is -2.42. The number of anilines is 1. The molecular weight excluding hydrogens is 412 g/mol. The summed E-state index contributed by atoms with van der Waals surface area (Å²) in [4.78, 5) is 17.7. The fraction of sp³-hybridized carbons (Fsp3) is 0.577. The number of nitrogens with two attached hydrogens (primary N) is 1. The Morgan fingerprint density at radius 2 is 1.52 bits per heavy atom. The number of aliphatic imine (C=N–C) groups is 1. The molecule has 7 heteroatoms. The number of hydrogen-bond donors (Lipinski definition) is 1. The molecule has 178 valence electrons. The smallest absolute Gasteiger partial charge is 0.246 e. The Morgan fingerprint density at radius 3 is 2.12 bits per heavy atom. The van der Waals surface area contributed by atoms with Crippen molar-refractivity contribution in [2.45, 2.75) is 57.5 Å². The standard InChI is InChI=1S/C20H24N4O.C6H14N2/c1-20(2)17(24-16-18(21)22-12-23-19(16)25-20)15-10-8-14(9-11-15)13-6-4-3-5-7-13;1-7-3-5-8(2)6-4-7/h8-13H,3-7H2,1-2H3,(H2,21,22,23);3-6H2,1-2H3. The third-order valence-electron chi connectivity index (χ3n) is 6.95. The first-order valence-electron chi connectivity index (χ1n) is 12.2. The second-order valence-corrected chi connectivity index (χ2v) is 10.0. The molecule has 1 aromatic carbocycles. The van der Waals surface area contributed by atoms with E-state index >= 15 is 0 Å². The van der Waals surface area contributed by atoms with Gasteiger partial charge in [-0.25, -0.2) is 9.98 Å². The van der Waals surface area contributed by atoms with Crippen LogP contribution in [0.3, 0.4) is 0 Å². The minimum absolute atomic E-state index is 0.344. The van der Waals surface area contributed by atoms with Crippen LogP contribution < -0.4 is 10.5 Å². The number of ether oxygens (including phenoxy) is 1. The molecule has 1 aliphatic carbocycles. The van der Waals surface area contributed by atoms with Crippen LogP contribution in [-0.4, -0.2) is 71.4 Å². The van der Waals surface area contributed by atoms with Gasteiger partial charge in [-0.05, 0) is 52.3 Å². The summed E-state index contributed by atoms with van der Waals surface area (Å²) >= 11 is 0. The molecule has 2 N–H and O–H groups in total. The van der Waals surface area contributed by atoms with Gasteiger partial charge in [-0.2, -0.15) is 4.98 Å². The van der Waals surface area contributed by atoms with Crippen molar-refractivity contribution < 1.29 is 4.74 Å². The van der Waals surface area contributed by atoms with Crippen LogP contribution in [0.1, 0.15) is 63.0 Å². The van der Waals surface area contributed by atoms with Gasteiger partial charge in [-0.3, -0.25) is 0 Å². The van der Waals surface area contributed by atoms with Gasteiger partial charge in [0.25, 0.3) is 0 Å². The van der Waals surface area contributed by atoms with Gasteiger partial charge in [-0.1, -0.05) is 43.5 Å². The number of likely N-dealkylation sites (N-methyl/N-ethyl adjacent to an activating group) is 2. The van der Waals surface area contributed by atoms with Gasteiger partial charge in [0.15, 0.2) is 11.5 Å². The molecule has 2 aromatic rings. The number of rotatable bonds is 2. The molecule has 0 atom stereocenters. The van der Waals surface area contributed by atoms with Crippen LogP contribution >= 0.6 is 0 Å². The molecule has 0 bridgehead atoms. The molecule has 7 nitrogen and oxygen atoms in total. The molecule has 2 fully saturated rings. The largest absolute Gasteiger partial charge is 0.463 e. The summed E-state index contributed by atoms with van der Waals surface area (Å²) in [7, 11) is 4.35. The molecule has 3 heterocycles. The quantitative estimate of drug-likeness (QED) is 0.736. The van der Waals surface area contributed by atoms with Gasteiger partial charge in [0.05, 0.1) is 5.71 Å². The summed E-state index contributed by atoms with van der Waals surface area (Å²) in [5, 5.41) is 0. The molecule has 0 amide bonds. The zero-order valence-electron chi connectivity index (χ0n) is 20.5. The van der Waals surface area contributed by atoms with Gasteiger partial charge in [-0.15, -0.1) is 0 Å². The number of nitrogens with zero attached hydrogens (tertiary/aromatic N) is 5. The van der Waals surface area contributed by atoms with Crippen LogP contribution in [0.2, 0.25) is 0 Å². The highest BCUT2D eigenvalue weighted by molar-refractivity contribution is 6.09. The minimum Gasteiger partial charge on any atom is -0.463 e. The highest BCUT2D eigenvalue weighted by atomic mass is 16.5. The molecule has 0 spiro atoms. The van der Waals surface area contributed by atoms with Gasteiger partial charge in [0, 0.05) is 31.7 Å². The normalized spacial score (nSPS) is 21.3. The average Bonchev–Trinajstić information content (AvgIpc) is 2.81. The van der Waals surface area contributed by atoms with Crippen molar-refractivity contribution in [2.75, 3.05) is 46.0 Å². The fourth-order valence-corrected chi connectivity index (χ4v) is 4.76. The molecule has 0 unspecified atom stereocenters. The average molecular weight is 451 g/mol. The molecular formula is C26H38N6O. The Labute approximate surface area is 198 Å². The second kappa shape index (κ2) is 10.2. The van der Waals surface area contributed by atoms with E-state index < -0.39 is 5.60 Å². The summed E-state index contributed by atoms with van der Waals surface area (Å²) < 4.78 is 6.05. The van der Waals surface area contributed by atoms with E-state index in [2.05, 4.69) is 58.1 Å². The third-order valence-corrected chi connectivity index (χ3v) is 6.95. The van der Waals surface area contributed by atoms with E-state index in [4.69, 9.17) is 15.5 Å². The number of piperazine rings is 1. The van der Waals surface area contributed by atoms with Gasteiger partial charge in [0.2, 0.25) is 5.88 Å². The van der Waals surface area contributed by atoms with E-state index in [1.54, 1.807) is 0 Å². The first-order valence-corrected chi connectivity index (χ1v) is 12.2. The molecule has 2 aliphatic heterocycles. The lowest BCUT2D eigenvalue weighted by Gasteiger charge is -2.32. The third kappa shape index (κ3) is 5.71. The fourth-order valence-electron chi connectivity index (χ4n) is 4.76. The number of benzene rings is 1. The van der Waals surface area contributed by atoms with Gasteiger partial charge >= 0.3 is 0 Å². The highest BCUT2D eigenvalue weighted by Crippen LogP contribution is 2.39. The summed E-state index contributed by atoms with van der Waals surface area (Å²) in [6.07, 6.45) is 8.07. The van der Waals surface area contributed by atoms with Crippen LogP contribution in [-0.2, 0) is 0 Å². The zero-order valence-corrected chi connectivity index (χ0v) is 20.5. The lowest BCUT2D eigenvalue weighted by molar-refractivity contribution is 0.171. The van der Waals surface area contributed by atoms with Gasteiger partial charge < -0.3 is 20.3 Å². The van der Waals surface area contributed by atoms with E-state index in [1.807, 2.05) is 13.8 Å². The SMILES string of the molecule is CC1(C)Oc2ncnc(N)c2N=C1c1ccc(C2CCCCC2)cc1.CN1CCN(C)CC1. The van der Waals surface area contributed by atoms with Crippen LogP contribution in [0.25, 0.3) is 0 Å². The second-order valence-electron chi connectivity index (χ2n) is 10.0. The molecule has 1 saturated carbocycles. The maximum atomic E-state index is 6.05. The van der Waals surface area contributed by atoms with Crippen molar-refractivity contribution >= 4 is 17.2 Å². The summed E-state index contributed by atoms with van der Waals surface area (Å²) in [5.41, 5.74) is 9.25. The van der Waals surface area contributed by atoms with Crippen molar-refractivity contribution in [2.24, 2.45) is 4.99 Å². The number of fused-ring (bicyclic) bond motifs is 1. The van der Waals surface area contributed by atoms with Crippen LogP contribution in [0.5, 0.6) is 5.88 Å². The minimum atomic E-state index is -0.569. The van der Waals surface area contributed by atoms with Crippen molar-refractivity contribution in [1.29, 1.82) is 0 Å². The van der Waals surface area contributed by atoms with Crippen molar-refractivity contribution in [3.8, 4) is 5.88 Å². The number of nitrogen functional groups attached to an aromatic ring is 1. The molecule has 1 saturated heterocycles. The van der Waals surface area contributed by atoms with E-state index in [0.717, 1.165) is 11.3 Å². The monoisotopic (exact) mass is 450 g/mol. The zero-order chi connectivity index (χ0) is 23.4. The summed E-state index contributed by atoms with van der Waals surface area (Å²) in [5.74, 6) is 1.49. The summed E-state index contributed by atoms with van der Waals surface area (Å²) in [6, 6.07) is 8.78. The first-order chi connectivity index (χ1) is 15.8. The van der Waals surface area contributed by atoms with Crippen LogP contribution in [0.15, 0.2) is 35.6 Å². The predicted molar refractivity (Wildman–Crippen MR) is 135 cm³/mol. The Morgan fingerprint density at radius 1 is 0.909 bits per heavy atom. The Kier molecular flexibility index (Phi) is 7.29. The Bertz CT molecular complexity index is 947. The van der Waals surface area contributed by atoms with Crippen molar-refractivity contribution in [1.82, 2.24) is 19.8 Å². The van der Waals surface area contributed by atoms with E-state index in [9.17, 15) is 0 Å². The molecule has 5 rings (SSSR count). The number of aromatic nitrogens is 2. The molecule has 33 heavy (non-hydrogen) atoms. The molecule has 1 aromatic heterocycles. The predicted octanol–water partition coefficient (Wildman–Crippen LogP) is 4.26. The Hall–Kier alpha value is -2.51. The van der Waals surface area contributed by atoms with E-state index in [0.29, 0.717) is 23.3 Å². The maximum absolute atomic E-state index is 6.05. The summed E-state index contributed by atoms with van der Waals surface area (Å²) in [6.45, 7) is 8.93. The van der Waals surface area contributed by atoms with E-state index in [1.165, 1.54) is 70.2 Å². The molecule has 0 radical (unpaired) electrons. The topological polar surface area (TPSA) is 79.9 Å². The van der Waals surface area contributed by atoms with Crippen molar-refractivity contribution in [3.63, 3.8) is 0 Å². The van der Waals surface area contributed by atoms with Crippen LogP contribution in [0, 0.1) is 0 Å². The Balaban J connectivity index is 0.000000275. The van der Waals surface area contributed by atoms with E-state index in [-0.39, 0.29) is 0 Å². The number of hydrogen-bond acceptors (Lipinski definition) is 7.